The van der Waals surface area contributed by atoms with Gasteiger partial charge < -0.3 is 4.74 Å². The Balaban J connectivity index is 2.82. The number of rotatable bonds is 2. The molecule has 0 aromatic heterocycles. The van der Waals surface area contributed by atoms with Crippen LogP contribution in [0.3, 0.4) is 0 Å². The van der Waals surface area contributed by atoms with Crippen molar-refractivity contribution in [2.75, 3.05) is 7.11 Å². The highest BCUT2D eigenvalue weighted by Crippen LogP contribution is 2.17. The van der Waals surface area contributed by atoms with E-state index in [1.165, 1.54) is 0 Å². The van der Waals surface area contributed by atoms with Gasteiger partial charge in [-0.05, 0) is 24.3 Å². The van der Waals surface area contributed by atoms with E-state index < -0.39 is 0 Å². The maximum Gasteiger partial charge on any atom is 0.119 e. The first-order chi connectivity index (χ1) is 5.36. The predicted molar refractivity (Wildman–Crippen MR) is 43.4 cm³/mol. The molecule has 11 heavy (non-hydrogen) atoms. The first-order valence-electron chi connectivity index (χ1n) is 3.03. The van der Waals surface area contributed by atoms with E-state index in [1.807, 2.05) is 0 Å². The summed E-state index contributed by atoms with van der Waals surface area (Å²) in [7, 11) is 1.61. The van der Waals surface area contributed by atoms with E-state index >= 15 is 0 Å². The number of ether oxygens (including phenoxy) is 1. The molecule has 0 aliphatic heterocycles. The minimum atomic E-state index is 0.709. The first kappa shape index (κ1) is 8.01. The molecule has 1 aromatic rings. The summed E-state index contributed by atoms with van der Waals surface area (Å²) >= 11 is 5.04. The lowest BCUT2D eigenvalue weighted by Crippen LogP contribution is -1.79. The summed E-state index contributed by atoms with van der Waals surface area (Å²) in [6.07, 6.45) is 0. The molecular weight excluding hydrogens is 164 g/mol. The molecule has 58 valence electrons. The largest absolute Gasteiger partial charge is 0.497 e. The van der Waals surface area contributed by atoms with Crippen molar-refractivity contribution in [1.29, 1.82) is 0 Å². The zero-order chi connectivity index (χ0) is 8.10. The van der Waals surface area contributed by atoms with Crippen molar-refractivity contribution in [2.45, 2.75) is 0 Å². The Hall–Kier alpha value is -1.09. The molecule has 0 radical (unpaired) electrons. The fraction of sp³-hybridized carbons (Fsp3) is 0.143. The third-order valence-electron chi connectivity index (χ3n) is 1.23. The molecule has 0 unspecified atom stereocenters. The molecule has 0 amide bonds. The van der Waals surface area contributed by atoms with Crippen LogP contribution < -0.4 is 4.74 Å². The molecule has 3 nitrogen and oxygen atoms in total. The van der Waals surface area contributed by atoms with Crippen molar-refractivity contribution < 1.29 is 4.74 Å². The van der Waals surface area contributed by atoms with Gasteiger partial charge in [-0.1, -0.05) is 4.63 Å². The molecule has 1 rings (SSSR count). The molecule has 0 aliphatic carbocycles. The van der Waals surface area contributed by atoms with Crippen LogP contribution in [-0.4, -0.2) is 7.11 Å². The Morgan fingerprint density at radius 3 is 2.36 bits per heavy atom. The first-order valence-corrected chi connectivity index (χ1v) is 3.36. The van der Waals surface area contributed by atoms with Gasteiger partial charge in [0.25, 0.3) is 0 Å². The number of hydrogen-bond acceptors (Lipinski definition) is 3. The van der Waals surface area contributed by atoms with Crippen LogP contribution in [0.5, 0.6) is 5.75 Å². The highest BCUT2D eigenvalue weighted by molar-refractivity contribution is 6.14. The average molecular weight is 171 g/mol. The summed E-state index contributed by atoms with van der Waals surface area (Å²) < 4.78 is 8.06. The van der Waals surface area contributed by atoms with Crippen LogP contribution in [0.2, 0.25) is 0 Å². The highest BCUT2D eigenvalue weighted by atomic mass is 35.5. The minimum absolute atomic E-state index is 0.709. The third kappa shape index (κ3) is 2.20. The topological polar surface area (TPSA) is 34.0 Å². The van der Waals surface area contributed by atoms with Crippen molar-refractivity contribution in [3.8, 4) is 5.75 Å². The van der Waals surface area contributed by atoms with Gasteiger partial charge in [0, 0.05) is 0 Å². The Bertz CT molecular complexity index is 245. The third-order valence-corrected chi connectivity index (χ3v) is 1.30. The molecule has 0 aliphatic rings. The summed E-state index contributed by atoms with van der Waals surface area (Å²) in [6.45, 7) is 0. The van der Waals surface area contributed by atoms with E-state index in [4.69, 9.17) is 16.5 Å². The van der Waals surface area contributed by atoms with Crippen LogP contribution in [0.1, 0.15) is 0 Å². The van der Waals surface area contributed by atoms with Gasteiger partial charge >= 0.3 is 0 Å². The Labute approximate surface area is 69.8 Å². The lowest BCUT2D eigenvalue weighted by Gasteiger charge is -1.96. The van der Waals surface area contributed by atoms with E-state index in [0.29, 0.717) is 5.69 Å². The van der Waals surface area contributed by atoms with Crippen LogP contribution in [-0.2, 0) is 0 Å². The molecule has 0 spiro atoms. The summed E-state index contributed by atoms with van der Waals surface area (Å²) in [5.41, 5.74) is 0.709. The van der Waals surface area contributed by atoms with Gasteiger partial charge in [-0.3, -0.25) is 0 Å². The van der Waals surface area contributed by atoms with Crippen LogP contribution in [0.25, 0.3) is 0 Å². The van der Waals surface area contributed by atoms with Gasteiger partial charge in [0.05, 0.1) is 24.6 Å². The summed E-state index contributed by atoms with van der Waals surface area (Å²) in [4.78, 5) is 0. The number of hydrogen-bond donors (Lipinski definition) is 0. The molecule has 4 heteroatoms. The second kappa shape index (κ2) is 3.93. The van der Waals surface area contributed by atoms with E-state index in [-0.39, 0.29) is 0 Å². The van der Waals surface area contributed by atoms with Crippen molar-refractivity contribution >= 4 is 17.5 Å². The van der Waals surface area contributed by atoms with Crippen LogP contribution in [0.4, 0.5) is 5.69 Å². The van der Waals surface area contributed by atoms with E-state index in [1.54, 1.807) is 31.4 Å². The van der Waals surface area contributed by atoms with Crippen LogP contribution >= 0.6 is 11.8 Å². The molecule has 1 aromatic carbocycles. The van der Waals surface area contributed by atoms with Crippen LogP contribution in [0.15, 0.2) is 34.0 Å². The molecule has 0 N–H and O–H groups in total. The van der Waals surface area contributed by atoms with E-state index in [0.717, 1.165) is 5.75 Å². The van der Waals surface area contributed by atoms with Crippen molar-refractivity contribution in [2.24, 2.45) is 9.75 Å². The lowest BCUT2D eigenvalue weighted by molar-refractivity contribution is 0.415. The fourth-order valence-electron chi connectivity index (χ4n) is 0.693. The van der Waals surface area contributed by atoms with Gasteiger partial charge in [-0.25, -0.2) is 0 Å². The van der Waals surface area contributed by atoms with Gasteiger partial charge in [0.2, 0.25) is 0 Å². The van der Waals surface area contributed by atoms with E-state index in [2.05, 4.69) is 9.75 Å². The zero-order valence-electron chi connectivity index (χ0n) is 5.99. The summed E-state index contributed by atoms with van der Waals surface area (Å²) in [6, 6.07) is 7.12. The Kier molecular flexibility index (Phi) is 2.86. The monoisotopic (exact) mass is 170 g/mol. The quantitative estimate of drug-likeness (QED) is 0.629. The zero-order valence-corrected chi connectivity index (χ0v) is 6.75. The minimum Gasteiger partial charge on any atom is -0.497 e. The smallest absolute Gasteiger partial charge is 0.119 e. The summed E-state index contributed by atoms with van der Waals surface area (Å²) in [5, 5.41) is 3.62. The summed E-state index contributed by atoms with van der Waals surface area (Å²) in [5.74, 6) is 0.790. The fourth-order valence-corrected chi connectivity index (χ4v) is 0.780. The number of methoxy groups -OCH3 is 1. The number of halogens is 1. The second-order valence-electron chi connectivity index (χ2n) is 1.87. The SMILES string of the molecule is COc1ccc(/N=N/Cl)cc1. The standard InChI is InChI=1S/C7H7ClN2O/c1-11-7-4-2-6(3-5-7)9-10-8/h2-5H,1H3/b10-9+. The van der Waals surface area contributed by atoms with Crippen molar-refractivity contribution in [1.82, 2.24) is 0 Å². The maximum atomic E-state index is 5.04. The molecule has 0 heterocycles. The van der Waals surface area contributed by atoms with Crippen LogP contribution in [0, 0.1) is 0 Å². The Morgan fingerprint density at radius 2 is 1.91 bits per heavy atom. The van der Waals surface area contributed by atoms with E-state index in [9.17, 15) is 0 Å². The molecule has 0 saturated carbocycles. The molecule has 0 fully saturated rings. The van der Waals surface area contributed by atoms with Crippen molar-refractivity contribution in [3.63, 3.8) is 0 Å². The second-order valence-corrected chi connectivity index (χ2v) is 2.02. The molecular formula is C7H7ClN2O. The maximum absolute atomic E-state index is 5.04. The van der Waals surface area contributed by atoms with Gasteiger partial charge in [0.15, 0.2) is 0 Å². The van der Waals surface area contributed by atoms with Gasteiger partial charge in [-0.15, -0.1) is 5.11 Å². The van der Waals surface area contributed by atoms with Crippen molar-refractivity contribution in [3.05, 3.63) is 24.3 Å². The molecule has 0 atom stereocenters. The number of benzene rings is 1. The highest BCUT2D eigenvalue weighted by Gasteiger charge is 1.90. The average Bonchev–Trinajstić information content (AvgIpc) is 2.07. The van der Waals surface area contributed by atoms with Gasteiger partial charge in [0.1, 0.15) is 5.75 Å². The number of nitrogens with zero attached hydrogens (tertiary/aromatic N) is 2. The molecule has 0 bridgehead atoms. The molecule has 0 saturated heterocycles. The normalized spacial score (nSPS) is 10.4. The Morgan fingerprint density at radius 1 is 1.27 bits per heavy atom. The van der Waals surface area contributed by atoms with Gasteiger partial charge in [-0.2, -0.15) is 0 Å². The predicted octanol–water partition coefficient (Wildman–Crippen LogP) is 2.93. The lowest BCUT2D eigenvalue weighted by atomic mass is 10.3.